The molecule has 5 nitrogen and oxygen atoms in total. The number of rotatable bonds is 7. The van der Waals surface area contributed by atoms with E-state index in [0.717, 1.165) is 21.8 Å². The molecule has 0 unspecified atom stereocenters. The third-order valence-corrected chi connectivity index (χ3v) is 4.14. The Balaban J connectivity index is 2.07. The summed E-state index contributed by atoms with van der Waals surface area (Å²) in [5, 5.41) is 0. The summed E-state index contributed by atoms with van der Waals surface area (Å²) in [6.07, 6.45) is 0.301. The molecule has 0 aliphatic rings. The second-order valence-electron chi connectivity index (χ2n) is 5.11. The van der Waals surface area contributed by atoms with Crippen LogP contribution in [0.1, 0.15) is 18.2 Å². The van der Waals surface area contributed by atoms with Crippen molar-refractivity contribution >= 4 is 17.3 Å². The second-order valence-corrected chi connectivity index (χ2v) is 6.18. The van der Waals surface area contributed by atoms with Crippen LogP contribution in [0.15, 0.2) is 29.1 Å². The maximum absolute atomic E-state index is 13.0. The Morgan fingerprint density at radius 3 is 2.70 bits per heavy atom. The largest absolute Gasteiger partial charge is 0.466 e. The van der Waals surface area contributed by atoms with Gasteiger partial charge in [0.2, 0.25) is 0 Å². The molecule has 1 heterocycles. The molecule has 1 aromatic heterocycles. The Morgan fingerprint density at radius 1 is 1.35 bits per heavy atom. The van der Waals surface area contributed by atoms with Crippen molar-refractivity contribution in [3.63, 3.8) is 0 Å². The lowest BCUT2D eigenvalue weighted by atomic mass is 10.1. The number of aromatic nitrogens is 1. The van der Waals surface area contributed by atoms with E-state index >= 15 is 0 Å². The molecule has 1 aromatic carbocycles. The minimum Gasteiger partial charge on any atom is -0.466 e. The predicted molar refractivity (Wildman–Crippen MR) is 87.9 cm³/mol. The van der Waals surface area contributed by atoms with Crippen LogP contribution in [0.4, 0.5) is 4.39 Å². The highest BCUT2D eigenvalue weighted by atomic mass is 32.1. The normalized spacial score (nSPS) is 11.0. The van der Waals surface area contributed by atoms with E-state index in [1.807, 2.05) is 11.9 Å². The van der Waals surface area contributed by atoms with E-state index in [0.29, 0.717) is 31.8 Å². The number of H-pyrrole nitrogens is 1. The highest BCUT2D eigenvalue weighted by molar-refractivity contribution is 7.09. The number of benzene rings is 1. The average Bonchev–Trinajstić information content (AvgIpc) is 2.87. The van der Waals surface area contributed by atoms with Crippen molar-refractivity contribution in [2.24, 2.45) is 0 Å². The fourth-order valence-electron chi connectivity index (χ4n) is 2.16. The molecule has 0 atom stereocenters. The van der Waals surface area contributed by atoms with Crippen molar-refractivity contribution < 1.29 is 13.9 Å². The zero-order valence-electron chi connectivity index (χ0n) is 13.1. The number of esters is 1. The number of hydrogen-bond donors (Lipinski definition) is 1. The van der Waals surface area contributed by atoms with Crippen LogP contribution in [0.3, 0.4) is 0 Å². The first-order chi connectivity index (χ1) is 11.0. The van der Waals surface area contributed by atoms with Gasteiger partial charge in [-0.05, 0) is 43.8 Å². The summed E-state index contributed by atoms with van der Waals surface area (Å²) in [6, 6.07) is 5.99. The van der Waals surface area contributed by atoms with E-state index in [1.54, 1.807) is 19.1 Å². The van der Waals surface area contributed by atoms with E-state index < -0.39 is 0 Å². The molecule has 0 spiro atoms. The number of thiazole rings is 1. The van der Waals surface area contributed by atoms with Gasteiger partial charge in [0.25, 0.3) is 0 Å². The van der Waals surface area contributed by atoms with Crippen LogP contribution < -0.4 is 4.87 Å². The monoisotopic (exact) mass is 338 g/mol. The predicted octanol–water partition coefficient (Wildman–Crippen LogP) is 2.63. The van der Waals surface area contributed by atoms with Gasteiger partial charge in [-0.1, -0.05) is 11.3 Å². The number of carbonyl (C=O) groups excluding carboxylic acids is 1. The van der Waals surface area contributed by atoms with Crippen molar-refractivity contribution in [3.8, 4) is 11.3 Å². The number of nitrogens with zero attached hydrogens (tertiary/aromatic N) is 1. The summed E-state index contributed by atoms with van der Waals surface area (Å²) in [6.45, 7) is 3.20. The minimum atomic E-state index is -0.320. The average molecular weight is 338 g/mol. The van der Waals surface area contributed by atoms with Gasteiger partial charge in [-0.25, -0.2) is 4.39 Å². The summed E-state index contributed by atoms with van der Waals surface area (Å²) >= 11 is 1.12. The number of aromatic amines is 1. The number of halogens is 1. The SMILES string of the molecule is CCOC(=O)CCN(C)Cc1sc(=O)[nH]c1-c1ccc(F)cc1. The van der Waals surface area contributed by atoms with Crippen molar-refractivity contribution in [2.75, 3.05) is 20.2 Å². The maximum Gasteiger partial charge on any atom is 0.307 e. The molecule has 2 aromatic rings. The molecule has 0 aliphatic carbocycles. The van der Waals surface area contributed by atoms with Crippen molar-refractivity contribution in [3.05, 3.63) is 44.6 Å². The first-order valence-corrected chi connectivity index (χ1v) is 8.13. The van der Waals surface area contributed by atoms with Crippen molar-refractivity contribution in [1.82, 2.24) is 9.88 Å². The summed E-state index contributed by atoms with van der Waals surface area (Å²) in [7, 11) is 1.87. The Morgan fingerprint density at radius 2 is 2.04 bits per heavy atom. The molecule has 0 amide bonds. The molecule has 0 saturated carbocycles. The molecule has 2 rings (SSSR count). The van der Waals surface area contributed by atoms with E-state index in [2.05, 4.69) is 4.98 Å². The minimum absolute atomic E-state index is 0.155. The lowest BCUT2D eigenvalue weighted by molar-refractivity contribution is -0.143. The van der Waals surface area contributed by atoms with Gasteiger partial charge in [-0.15, -0.1) is 0 Å². The summed E-state index contributed by atoms with van der Waals surface area (Å²) in [4.78, 5) is 28.5. The van der Waals surface area contributed by atoms with Crippen LogP contribution >= 0.6 is 11.3 Å². The fourth-order valence-corrected chi connectivity index (χ4v) is 3.09. The molecule has 124 valence electrons. The molecule has 0 bridgehead atoms. The zero-order chi connectivity index (χ0) is 16.8. The molecular weight excluding hydrogens is 319 g/mol. The van der Waals surface area contributed by atoms with Crippen LogP contribution in [0, 0.1) is 5.82 Å². The Bertz CT molecular complexity index is 709. The number of hydrogen-bond acceptors (Lipinski definition) is 5. The lowest BCUT2D eigenvalue weighted by Crippen LogP contribution is -2.22. The van der Waals surface area contributed by atoms with Crippen molar-refractivity contribution in [1.29, 1.82) is 0 Å². The number of ether oxygens (including phenoxy) is 1. The smallest absolute Gasteiger partial charge is 0.307 e. The van der Waals surface area contributed by atoms with Gasteiger partial charge in [0.05, 0.1) is 18.7 Å². The zero-order valence-corrected chi connectivity index (χ0v) is 13.9. The van der Waals surface area contributed by atoms with Gasteiger partial charge in [-0.3, -0.25) is 9.59 Å². The van der Waals surface area contributed by atoms with Crippen LogP contribution in [0.25, 0.3) is 11.3 Å². The first kappa shape index (κ1) is 17.4. The van der Waals surface area contributed by atoms with E-state index in [4.69, 9.17) is 4.74 Å². The summed E-state index contributed by atoms with van der Waals surface area (Å²) in [5.74, 6) is -0.556. The van der Waals surface area contributed by atoms with Gasteiger partial charge in [0, 0.05) is 18.0 Å². The Labute approximate surface area is 137 Å². The molecule has 1 N–H and O–H groups in total. The van der Waals surface area contributed by atoms with E-state index in [9.17, 15) is 14.0 Å². The van der Waals surface area contributed by atoms with Gasteiger partial charge in [-0.2, -0.15) is 0 Å². The van der Waals surface area contributed by atoms with E-state index in [-0.39, 0.29) is 16.7 Å². The lowest BCUT2D eigenvalue weighted by Gasteiger charge is -2.15. The van der Waals surface area contributed by atoms with Crippen LogP contribution in [-0.2, 0) is 16.1 Å². The number of nitrogens with one attached hydrogen (secondary N) is 1. The molecule has 0 saturated heterocycles. The van der Waals surface area contributed by atoms with Crippen LogP contribution in [-0.4, -0.2) is 36.1 Å². The van der Waals surface area contributed by atoms with Crippen LogP contribution in [0.2, 0.25) is 0 Å². The van der Waals surface area contributed by atoms with Gasteiger partial charge in [0.15, 0.2) is 0 Å². The Hall–Kier alpha value is -1.99. The van der Waals surface area contributed by atoms with Crippen LogP contribution in [0.5, 0.6) is 0 Å². The highest BCUT2D eigenvalue weighted by Crippen LogP contribution is 2.24. The van der Waals surface area contributed by atoms with Gasteiger partial charge >= 0.3 is 10.8 Å². The molecule has 0 aliphatic heterocycles. The maximum atomic E-state index is 13.0. The third kappa shape index (κ3) is 5.01. The Kier molecular flexibility index (Phi) is 6.06. The molecule has 0 radical (unpaired) electrons. The third-order valence-electron chi connectivity index (χ3n) is 3.27. The molecule has 23 heavy (non-hydrogen) atoms. The fraction of sp³-hybridized carbons (Fsp3) is 0.375. The van der Waals surface area contributed by atoms with Gasteiger partial charge < -0.3 is 14.6 Å². The molecular formula is C16H19FN2O3S. The first-order valence-electron chi connectivity index (χ1n) is 7.31. The molecule has 0 fully saturated rings. The number of carbonyl (C=O) groups is 1. The van der Waals surface area contributed by atoms with Gasteiger partial charge in [0.1, 0.15) is 5.82 Å². The topological polar surface area (TPSA) is 62.4 Å². The second kappa shape index (κ2) is 8.03. The highest BCUT2D eigenvalue weighted by Gasteiger charge is 2.13. The molecule has 7 heteroatoms. The van der Waals surface area contributed by atoms with E-state index in [1.165, 1.54) is 12.1 Å². The summed E-state index contributed by atoms with van der Waals surface area (Å²) < 4.78 is 17.9. The quantitative estimate of drug-likeness (QED) is 0.789. The standard InChI is InChI=1S/C16H19FN2O3S/c1-3-22-14(20)8-9-19(2)10-13-15(18-16(21)23-13)11-4-6-12(17)7-5-11/h4-7H,3,8-10H2,1-2H3,(H,18,21). The van der Waals surface area contributed by atoms with Crippen molar-refractivity contribution in [2.45, 2.75) is 19.9 Å². The summed E-state index contributed by atoms with van der Waals surface area (Å²) in [5.41, 5.74) is 1.46.